The molecule has 0 fully saturated rings. The molecule has 2 N–H and O–H groups in total. The topological polar surface area (TPSA) is 89.0 Å². The minimum atomic E-state index is -3.29. The molecule has 0 spiro atoms. The summed E-state index contributed by atoms with van der Waals surface area (Å²) in [5.74, 6) is 1.93. The summed E-state index contributed by atoms with van der Waals surface area (Å²) < 4.78 is 35.6. The molecule has 9 heteroatoms. The van der Waals surface area contributed by atoms with Gasteiger partial charge in [0.25, 0.3) is 0 Å². The lowest BCUT2D eigenvalue weighted by Crippen LogP contribution is -2.30. The van der Waals surface area contributed by atoms with Crippen molar-refractivity contribution < 1.29 is 17.9 Å². The molecule has 166 valence electrons. The molecule has 0 radical (unpaired) electrons. The molecule has 2 aromatic rings. The summed E-state index contributed by atoms with van der Waals surface area (Å²) in [4.78, 5) is 4.82. The second-order valence-corrected chi connectivity index (χ2v) is 8.28. The molecule has 0 unspecified atom stereocenters. The van der Waals surface area contributed by atoms with Gasteiger partial charge in [-0.3, -0.25) is 4.99 Å². The standard InChI is InChI=1S/C21H29N3O4S.HI/c1-4-22-21(24-17-12-13-19(28-5-2)20(16-17)27-3)23-14-9-15-29(25,26)18-10-7-6-8-11-18;/h6-8,10-13,16H,4-5,9,14-15H2,1-3H3,(H2,22,23,24);1H. The minimum absolute atomic E-state index is 0. The zero-order valence-electron chi connectivity index (χ0n) is 17.6. The minimum Gasteiger partial charge on any atom is -0.493 e. The Balaban J connectivity index is 0.00000450. The number of sulfone groups is 1. The molecule has 0 bridgehead atoms. The number of halogens is 1. The number of rotatable bonds is 10. The number of guanidine groups is 1. The maximum absolute atomic E-state index is 12.3. The number of aliphatic imine (C=N–C) groups is 1. The fraction of sp³-hybridized carbons (Fsp3) is 0.381. The molecular formula is C21H30IN3O4S. The van der Waals surface area contributed by atoms with Crippen molar-refractivity contribution in [3.8, 4) is 11.5 Å². The second-order valence-electron chi connectivity index (χ2n) is 6.17. The van der Waals surface area contributed by atoms with E-state index in [4.69, 9.17) is 9.47 Å². The van der Waals surface area contributed by atoms with E-state index in [1.54, 1.807) is 37.4 Å². The Labute approximate surface area is 196 Å². The van der Waals surface area contributed by atoms with Gasteiger partial charge in [-0.25, -0.2) is 8.42 Å². The van der Waals surface area contributed by atoms with Crippen molar-refractivity contribution in [1.29, 1.82) is 0 Å². The van der Waals surface area contributed by atoms with Crippen LogP contribution in [-0.2, 0) is 9.84 Å². The molecule has 0 heterocycles. The lowest BCUT2D eigenvalue weighted by Gasteiger charge is -2.14. The van der Waals surface area contributed by atoms with Gasteiger partial charge < -0.3 is 20.1 Å². The Morgan fingerprint density at radius 3 is 2.43 bits per heavy atom. The number of anilines is 1. The lowest BCUT2D eigenvalue weighted by molar-refractivity contribution is 0.311. The largest absolute Gasteiger partial charge is 0.493 e. The average molecular weight is 547 g/mol. The van der Waals surface area contributed by atoms with Gasteiger partial charge in [-0.1, -0.05) is 18.2 Å². The second kappa shape index (κ2) is 13.3. The monoisotopic (exact) mass is 547 g/mol. The van der Waals surface area contributed by atoms with Crippen molar-refractivity contribution in [2.75, 3.05) is 37.9 Å². The number of benzene rings is 2. The summed E-state index contributed by atoms with van der Waals surface area (Å²) in [7, 11) is -1.70. The third kappa shape index (κ3) is 8.02. The van der Waals surface area contributed by atoms with E-state index < -0.39 is 9.84 Å². The smallest absolute Gasteiger partial charge is 0.195 e. The molecule has 0 atom stereocenters. The summed E-state index contributed by atoms with van der Waals surface area (Å²) in [5, 5.41) is 6.36. The molecule has 0 aliphatic heterocycles. The molecule has 0 amide bonds. The van der Waals surface area contributed by atoms with Crippen molar-refractivity contribution in [2.45, 2.75) is 25.2 Å². The number of hydrogen-bond acceptors (Lipinski definition) is 5. The fourth-order valence-corrected chi connectivity index (χ4v) is 3.97. The Bertz CT molecular complexity index is 906. The number of hydrogen-bond donors (Lipinski definition) is 2. The van der Waals surface area contributed by atoms with Gasteiger partial charge in [0.1, 0.15) is 0 Å². The highest BCUT2D eigenvalue weighted by Crippen LogP contribution is 2.30. The van der Waals surface area contributed by atoms with Crippen molar-refractivity contribution in [2.24, 2.45) is 4.99 Å². The van der Waals surface area contributed by atoms with E-state index in [1.807, 2.05) is 32.0 Å². The molecule has 0 aromatic heterocycles. The van der Waals surface area contributed by atoms with Crippen LogP contribution in [0.4, 0.5) is 5.69 Å². The van der Waals surface area contributed by atoms with Crippen LogP contribution in [0.1, 0.15) is 20.3 Å². The maximum Gasteiger partial charge on any atom is 0.195 e. The Morgan fingerprint density at radius 1 is 1.07 bits per heavy atom. The Kier molecular flexibility index (Phi) is 11.6. The van der Waals surface area contributed by atoms with E-state index in [9.17, 15) is 8.42 Å². The van der Waals surface area contributed by atoms with Crippen LogP contribution in [-0.4, -0.2) is 46.9 Å². The van der Waals surface area contributed by atoms with E-state index in [0.29, 0.717) is 48.5 Å². The molecule has 30 heavy (non-hydrogen) atoms. The summed E-state index contributed by atoms with van der Waals surface area (Å²) in [6.07, 6.45) is 0.431. The van der Waals surface area contributed by atoms with Crippen LogP contribution in [0.2, 0.25) is 0 Å². The van der Waals surface area contributed by atoms with Crippen LogP contribution in [0.15, 0.2) is 58.4 Å². The van der Waals surface area contributed by atoms with Crippen molar-refractivity contribution >= 4 is 45.5 Å². The number of nitrogens with zero attached hydrogens (tertiary/aromatic N) is 1. The Morgan fingerprint density at radius 2 is 1.80 bits per heavy atom. The maximum atomic E-state index is 12.3. The van der Waals surface area contributed by atoms with Gasteiger partial charge in [0.2, 0.25) is 0 Å². The van der Waals surface area contributed by atoms with Crippen LogP contribution in [0.3, 0.4) is 0 Å². The van der Waals surface area contributed by atoms with E-state index >= 15 is 0 Å². The third-order valence-corrected chi connectivity index (χ3v) is 5.83. The van der Waals surface area contributed by atoms with Crippen LogP contribution in [0, 0.1) is 0 Å². The van der Waals surface area contributed by atoms with Gasteiger partial charge in [-0.15, -0.1) is 24.0 Å². The summed E-state index contributed by atoms with van der Waals surface area (Å²) in [6.45, 7) is 5.51. The molecule has 2 aromatic carbocycles. The summed E-state index contributed by atoms with van der Waals surface area (Å²) in [6, 6.07) is 14.0. The van der Waals surface area contributed by atoms with Crippen LogP contribution in [0.25, 0.3) is 0 Å². The van der Waals surface area contributed by atoms with Gasteiger partial charge in [-0.05, 0) is 44.5 Å². The van der Waals surface area contributed by atoms with Gasteiger partial charge in [0, 0.05) is 24.8 Å². The average Bonchev–Trinajstić information content (AvgIpc) is 2.73. The first kappa shape index (κ1) is 26.0. The SMILES string of the molecule is CCNC(=NCCCS(=O)(=O)c1ccccc1)Nc1ccc(OCC)c(OC)c1.I. The van der Waals surface area contributed by atoms with Crippen molar-refractivity contribution in [3.63, 3.8) is 0 Å². The van der Waals surface area contributed by atoms with E-state index in [-0.39, 0.29) is 29.7 Å². The van der Waals surface area contributed by atoms with E-state index in [1.165, 1.54) is 0 Å². The molecule has 7 nitrogen and oxygen atoms in total. The molecule has 0 saturated carbocycles. The fourth-order valence-electron chi connectivity index (χ4n) is 2.65. The Hall–Kier alpha value is -2.01. The molecular weight excluding hydrogens is 517 g/mol. The number of methoxy groups -OCH3 is 1. The quantitative estimate of drug-likeness (QED) is 0.203. The van der Waals surface area contributed by atoms with Gasteiger partial charge in [0.15, 0.2) is 27.3 Å². The van der Waals surface area contributed by atoms with Gasteiger partial charge in [-0.2, -0.15) is 0 Å². The first-order valence-electron chi connectivity index (χ1n) is 9.64. The molecule has 2 rings (SSSR count). The predicted octanol–water partition coefficient (Wildman–Crippen LogP) is 3.95. The lowest BCUT2D eigenvalue weighted by atomic mass is 10.2. The van der Waals surface area contributed by atoms with Crippen molar-refractivity contribution in [1.82, 2.24) is 5.32 Å². The first-order chi connectivity index (χ1) is 14.0. The zero-order valence-corrected chi connectivity index (χ0v) is 20.7. The predicted molar refractivity (Wildman–Crippen MR) is 132 cm³/mol. The van der Waals surface area contributed by atoms with Gasteiger partial charge in [0.05, 0.1) is 24.4 Å². The normalized spacial score (nSPS) is 11.4. The molecule has 0 aliphatic rings. The summed E-state index contributed by atoms with van der Waals surface area (Å²) >= 11 is 0. The highest BCUT2D eigenvalue weighted by molar-refractivity contribution is 14.0. The number of nitrogens with one attached hydrogen (secondary N) is 2. The van der Waals surface area contributed by atoms with Gasteiger partial charge >= 0.3 is 0 Å². The van der Waals surface area contributed by atoms with Crippen LogP contribution in [0.5, 0.6) is 11.5 Å². The van der Waals surface area contributed by atoms with E-state index in [2.05, 4.69) is 15.6 Å². The van der Waals surface area contributed by atoms with Crippen molar-refractivity contribution in [3.05, 3.63) is 48.5 Å². The molecule has 0 aliphatic carbocycles. The number of ether oxygens (including phenoxy) is 2. The van der Waals surface area contributed by atoms with E-state index in [0.717, 1.165) is 5.69 Å². The summed E-state index contributed by atoms with van der Waals surface area (Å²) in [5.41, 5.74) is 0.793. The highest BCUT2D eigenvalue weighted by atomic mass is 127. The molecule has 0 saturated heterocycles. The highest BCUT2D eigenvalue weighted by Gasteiger charge is 2.13. The third-order valence-electron chi connectivity index (χ3n) is 4.01. The van der Waals surface area contributed by atoms with Crippen LogP contribution < -0.4 is 20.1 Å². The van der Waals surface area contributed by atoms with Crippen LogP contribution >= 0.6 is 24.0 Å². The zero-order chi connectivity index (χ0) is 21.1. The first-order valence-corrected chi connectivity index (χ1v) is 11.3.